The molecule has 2 rings (SSSR count). The number of nitrogens with one attached hydrogen (secondary N) is 1. The SMILES string of the molecule is CCCN(CC1CCNCC1)c1ncncc1I. The molecule has 0 spiro atoms. The van der Waals surface area contributed by atoms with Gasteiger partial charge in [-0.05, 0) is 60.9 Å². The van der Waals surface area contributed by atoms with Crippen LogP contribution in [0, 0.1) is 9.49 Å². The van der Waals surface area contributed by atoms with Crippen LogP contribution in [0.25, 0.3) is 0 Å². The van der Waals surface area contributed by atoms with Gasteiger partial charge in [-0.3, -0.25) is 0 Å². The first-order valence-corrected chi connectivity index (χ1v) is 7.80. The molecule has 0 amide bonds. The molecule has 1 fully saturated rings. The van der Waals surface area contributed by atoms with Crippen molar-refractivity contribution in [1.29, 1.82) is 0 Å². The molecule has 0 unspecified atom stereocenters. The third-order valence-electron chi connectivity index (χ3n) is 3.38. The Balaban J connectivity index is 2.05. The predicted octanol–water partition coefficient (Wildman–Crippen LogP) is 2.30. The van der Waals surface area contributed by atoms with E-state index in [0.717, 1.165) is 47.9 Å². The molecule has 0 radical (unpaired) electrons. The van der Waals surface area contributed by atoms with Gasteiger partial charge in [-0.2, -0.15) is 0 Å². The Hall–Kier alpha value is -0.430. The van der Waals surface area contributed by atoms with E-state index in [1.165, 1.54) is 12.8 Å². The zero-order chi connectivity index (χ0) is 12.8. The Morgan fingerprint density at radius 1 is 1.44 bits per heavy atom. The van der Waals surface area contributed by atoms with Crippen LogP contribution in [0.4, 0.5) is 5.82 Å². The molecule has 18 heavy (non-hydrogen) atoms. The number of piperidine rings is 1. The zero-order valence-corrected chi connectivity index (χ0v) is 13.1. The summed E-state index contributed by atoms with van der Waals surface area (Å²) in [6.07, 6.45) is 7.27. The lowest BCUT2D eigenvalue weighted by molar-refractivity contribution is 0.372. The number of hydrogen-bond donors (Lipinski definition) is 1. The molecule has 100 valence electrons. The summed E-state index contributed by atoms with van der Waals surface area (Å²) in [5.74, 6) is 1.90. The van der Waals surface area contributed by atoms with Crippen LogP contribution in [0.1, 0.15) is 26.2 Å². The van der Waals surface area contributed by atoms with Crippen LogP contribution in [-0.2, 0) is 0 Å². The first-order chi connectivity index (χ1) is 8.81. The Kier molecular flexibility index (Phi) is 5.62. The summed E-state index contributed by atoms with van der Waals surface area (Å²) in [6.45, 7) is 6.75. The van der Waals surface area contributed by atoms with E-state index >= 15 is 0 Å². The fourth-order valence-corrected chi connectivity index (χ4v) is 3.11. The van der Waals surface area contributed by atoms with Crippen LogP contribution >= 0.6 is 22.6 Å². The summed E-state index contributed by atoms with van der Waals surface area (Å²) in [5, 5.41) is 3.43. The summed E-state index contributed by atoms with van der Waals surface area (Å²) in [6, 6.07) is 0. The van der Waals surface area contributed by atoms with Gasteiger partial charge in [0, 0.05) is 19.3 Å². The fraction of sp³-hybridized carbons (Fsp3) is 0.692. The van der Waals surface area contributed by atoms with E-state index < -0.39 is 0 Å². The molecule has 2 heterocycles. The van der Waals surface area contributed by atoms with Crippen molar-refractivity contribution >= 4 is 28.4 Å². The molecule has 0 atom stereocenters. The van der Waals surface area contributed by atoms with Gasteiger partial charge < -0.3 is 10.2 Å². The number of aromatic nitrogens is 2. The molecule has 1 aromatic heterocycles. The van der Waals surface area contributed by atoms with E-state index in [9.17, 15) is 0 Å². The normalized spacial score (nSPS) is 16.8. The molecule has 0 bridgehead atoms. The maximum atomic E-state index is 4.45. The van der Waals surface area contributed by atoms with Crippen LogP contribution in [0.2, 0.25) is 0 Å². The molecule has 0 aromatic carbocycles. The number of hydrogen-bond acceptors (Lipinski definition) is 4. The Morgan fingerprint density at radius 2 is 2.22 bits per heavy atom. The van der Waals surface area contributed by atoms with Crippen molar-refractivity contribution in [3.8, 4) is 0 Å². The van der Waals surface area contributed by atoms with Crippen LogP contribution in [0.3, 0.4) is 0 Å². The van der Waals surface area contributed by atoms with Gasteiger partial charge in [0.25, 0.3) is 0 Å². The van der Waals surface area contributed by atoms with Crippen LogP contribution in [0.5, 0.6) is 0 Å². The average molecular weight is 360 g/mol. The minimum Gasteiger partial charge on any atom is -0.355 e. The van der Waals surface area contributed by atoms with Gasteiger partial charge in [0.1, 0.15) is 12.1 Å². The summed E-state index contributed by atoms with van der Waals surface area (Å²) < 4.78 is 1.15. The van der Waals surface area contributed by atoms with Crippen molar-refractivity contribution in [2.45, 2.75) is 26.2 Å². The van der Waals surface area contributed by atoms with E-state index in [0.29, 0.717) is 0 Å². The van der Waals surface area contributed by atoms with E-state index in [4.69, 9.17) is 0 Å². The monoisotopic (exact) mass is 360 g/mol. The van der Waals surface area contributed by atoms with E-state index in [1.54, 1.807) is 6.33 Å². The van der Waals surface area contributed by atoms with E-state index in [1.807, 2.05) is 6.20 Å². The first kappa shape index (κ1) is 14.0. The highest BCUT2D eigenvalue weighted by Crippen LogP contribution is 2.22. The lowest BCUT2D eigenvalue weighted by Crippen LogP contribution is -2.37. The fourth-order valence-electron chi connectivity index (χ4n) is 2.47. The van der Waals surface area contributed by atoms with Crippen molar-refractivity contribution in [2.75, 3.05) is 31.1 Å². The van der Waals surface area contributed by atoms with Gasteiger partial charge in [-0.25, -0.2) is 9.97 Å². The predicted molar refractivity (Wildman–Crippen MR) is 82.8 cm³/mol. The lowest BCUT2D eigenvalue weighted by atomic mass is 9.97. The van der Waals surface area contributed by atoms with Crippen molar-refractivity contribution in [1.82, 2.24) is 15.3 Å². The van der Waals surface area contributed by atoms with Crippen molar-refractivity contribution in [3.05, 3.63) is 16.1 Å². The molecule has 1 aliphatic heterocycles. The Labute approximate surface area is 123 Å². The largest absolute Gasteiger partial charge is 0.355 e. The standard InChI is InChI=1S/C13H21IN4/c1-2-7-18(9-11-3-5-15-6-4-11)13-12(14)8-16-10-17-13/h8,10-11,15H,2-7,9H2,1H3. The van der Waals surface area contributed by atoms with Gasteiger partial charge in [-0.15, -0.1) is 0 Å². The van der Waals surface area contributed by atoms with Crippen molar-refractivity contribution in [3.63, 3.8) is 0 Å². The highest BCUT2D eigenvalue weighted by molar-refractivity contribution is 14.1. The number of halogens is 1. The van der Waals surface area contributed by atoms with Gasteiger partial charge in [0.2, 0.25) is 0 Å². The van der Waals surface area contributed by atoms with Gasteiger partial charge >= 0.3 is 0 Å². The Bertz CT molecular complexity index is 366. The molecule has 1 saturated heterocycles. The summed E-state index contributed by atoms with van der Waals surface area (Å²) in [4.78, 5) is 11.0. The van der Waals surface area contributed by atoms with Crippen LogP contribution in [-0.4, -0.2) is 36.1 Å². The van der Waals surface area contributed by atoms with E-state index in [-0.39, 0.29) is 0 Å². The topological polar surface area (TPSA) is 41.0 Å². The van der Waals surface area contributed by atoms with Gasteiger partial charge in [0.05, 0.1) is 3.57 Å². The molecule has 0 saturated carbocycles. The molecule has 1 N–H and O–H groups in total. The molecule has 5 heteroatoms. The van der Waals surface area contributed by atoms with Crippen molar-refractivity contribution in [2.24, 2.45) is 5.92 Å². The second kappa shape index (κ2) is 7.23. The molecule has 4 nitrogen and oxygen atoms in total. The number of anilines is 1. The third kappa shape index (κ3) is 3.78. The highest BCUT2D eigenvalue weighted by atomic mass is 127. The molecule has 0 aliphatic carbocycles. The number of rotatable bonds is 5. The quantitative estimate of drug-likeness (QED) is 0.819. The van der Waals surface area contributed by atoms with Crippen LogP contribution in [0.15, 0.2) is 12.5 Å². The summed E-state index contributed by atoms with van der Waals surface area (Å²) >= 11 is 2.33. The minimum absolute atomic E-state index is 0.795. The Morgan fingerprint density at radius 3 is 2.89 bits per heavy atom. The minimum atomic E-state index is 0.795. The second-order valence-corrected chi connectivity index (χ2v) is 6.00. The van der Waals surface area contributed by atoms with E-state index in [2.05, 4.69) is 49.7 Å². The van der Waals surface area contributed by atoms with Crippen molar-refractivity contribution < 1.29 is 0 Å². The smallest absolute Gasteiger partial charge is 0.145 e. The lowest BCUT2D eigenvalue weighted by Gasteiger charge is -2.31. The maximum Gasteiger partial charge on any atom is 0.145 e. The zero-order valence-electron chi connectivity index (χ0n) is 10.9. The first-order valence-electron chi connectivity index (χ1n) is 6.72. The summed E-state index contributed by atoms with van der Waals surface area (Å²) in [7, 11) is 0. The van der Waals surface area contributed by atoms with Gasteiger partial charge in [-0.1, -0.05) is 6.92 Å². The number of nitrogens with zero attached hydrogens (tertiary/aromatic N) is 3. The molecule has 1 aromatic rings. The molecular formula is C13H21IN4. The third-order valence-corrected chi connectivity index (χ3v) is 4.14. The molecular weight excluding hydrogens is 339 g/mol. The molecule has 1 aliphatic rings. The van der Waals surface area contributed by atoms with Gasteiger partial charge in [0.15, 0.2) is 0 Å². The highest BCUT2D eigenvalue weighted by Gasteiger charge is 2.19. The average Bonchev–Trinajstić information content (AvgIpc) is 2.40. The van der Waals surface area contributed by atoms with Crippen LogP contribution < -0.4 is 10.2 Å². The summed E-state index contributed by atoms with van der Waals surface area (Å²) in [5.41, 5.74) is 0. The second-order valence-electron chi connectivity index (χ2n) is 4.83. The maximum absolute atomic E-state index is 4.45.